The van der Waals surface area contributed by atoms with Gasteiger partial charge in [0.25, 0.3) is 0 Å². The minimum absolute atomic E-state index is 0.293. The van der Waals surface area contributed by atoms with Crippen LogP contribution in [-0.2, 0) is 9.47 Å². The van der Waals surface area contributed by atoms with Crippen molar-refractivity contribution in [2.75, 3.05) is 32.8 Å². The number of hydrogen-bond acceptors (Lipinski definition) is 4. The molecule has 4 nitrogen and oxygen atoms in total. The quantitative estimate of drug-likeness (QED) is 0.813. The van der Waals surface area contributed by atoms with Gasteiger partial charge in [0, 0.05) is 37.2 Å². The maximum Gasteiger partial charge on any atom is 0.0827 e. The first-order valence-corrected chi connectivity index (χ1v) is 8.88. The van der Waals surface area contributed by atoms with Gasteiger partial charge in [-0.3, -0.25) is 4.90 Å². The fraction of sp³-hybridized carbons (Fsp3) is 1.00. The second-order valence-electron chi connectivity index (χ2n) is 7.25. The van der Waals surface area contributed by atoms with Crippen molar-refractivity contribution in [1.29, 1.82) is 0 Å². The Morgan fingerprint density at radius 1 is 1.38 bits per heavy atom. The first kappa shape index (κ1) is 15.7. The van der Waals surface area contributed by atoms with Crippen LogP contribution in [0.4, 0.5) is 0 Å². The van der Waals surface area contributed by atoms with Crippen LogP contribution in [0.2, 0.25) is 0 Å². The van der Waals surface area contributed by atoms with Crippen LogP contribution in [0.1, 0.15) is 46.5 Å². The van der Waals surface area contributed by atoms with Gasteiger partial charge in [-0.1, -0.05) is 13.8 Å². The van der Waals surface area contributed by atoms with E-state index in [1.165, 1.54) is 25.8 Å². The van der Waals surface area contributed by atoms with Gasteiger partial charge in [0.15, 0.2) is 0 Å². The van der Waals surface area contributed by atoms with E-state index in [9.17, 15) is 0 Å². The summed E-state index contributed by atoms with van der Waals surface area (Å²) in [5.41, 5.74) is 0.293. The first-order chi connectivity index (χ1) is 10.2. The molecule has 0 amide bonds. The normalized spacial score (nSPS) is 43.6. The average Bonchev–Trinajstić information content (AvgIpc) is 2.96. The van der Waals surface area contributed by atoms with E-state index in [1.54, 1.807) is 0 Å². The fourth-order valence-corrected chi connectivity index (χ4v) is 4.35. The number of fused-ring (bicyclic) bond motifs is 1. The summed E-state index contributed by atoms with van der Waals surface area (Å²) in [6.45, 7) is 11.9. The van der Waals surface area contributed by atoms with E-state index in [1.807, 2.05) is 0 Å². The Bertz CT molecular complexity index is 352. The summed E-state index contributed by atoms with van der Waals surface area (Å²) in [5.74, 6) is 0. The van der Waals surface area contributed by atoms with Crippen molar-refractivity contribution >= 4 is 0 Å². The minimum atomic E-state index is 0.293. The van der Waals surface area contributed by atoms with Crippen LogP contribution < -0.4 is 5.32 Å². The van der Waals surface area contributed by atoms with Crippen LogP contribution in [0.25, 0.3) is 0 Å². The zero-order valence-corrected chi connectivity index (χ0v) is 13.9. The molecule has 0 spiro atoms. The number of rotatable bonds is 6. The first-order valence-electron chi connectivity index (χ1n) is 8.88. The third-order valence-corrected chi connectivity index (χ3v) is 6.16. The standard InChI is InChI=1S/C17H32N2O2/c1-4-17(3)15(9-16(17)20-5-2)18-10-14-11-19-8-6-7-13(19)12-21-14/h13-16,18H,4-12H2,1-3H3. The van der Waals surface area contributed by atoms with Gasteiger partial charge in [-0.2, -0.15) is 0 Å². The van der Waals surface area contributed by atoms with E-state index in [0.29, 0.717) is 29.7 Å². The van der Waals surface area contributed by atoms with Crippen LogP contribution in [0.15, 0.2) is 0 Å². The van der Waals surface area contributed by atoms with E-state index in [-0.39, 0.29) is 0 Å². The van der Waals surface area contributed by atoms with Crippen molar-refractivity contribution in [1.82, 2.24) is 10.2 Å². The van der Waals surface area contributed by atoms with Gasteiger partial charge in [0.2, 0.25) is 0 Å². The topological polar surface area (TPSA) is 33.7 Å². The fourth-order valence-electron chi connectivity index (χ4n) is 4.35. The van der Waals surface area contributed by atoms with Crippen molar-refractivity contribution in [2.24, 2.45) is 5.41 Å². The predicted octanol–water partition coefficient (Wildman–Crippen LogP) is 2.03. The molecule has 4 heteroatoms. The second kappa shape index (κ2) is 6.53. The van der Waals surface area contributed by atoms with Gasteiger partial charge in [-0.05, 0) is 39.2 Å². The third kappa shape index (κ3) is 3.00. The van der Waals surface area contributed by atoms with Gasteiger partial charge < -0.3 is 14.8 Å². The highest BCUT2D eigenvalue weighted by Crippen LogP contribution is 2.45. The Morgan fingerprint density at radius 3 is 3.00 bits per heavy atom. The maximum atomic E-state index is 6.05. The largest absolute Gasteiger partial charge is 0.378 e. The lowest BCUT2D eigenvalue weighted by Gasteiger charge is -2.54. The smallest absolute Gasteiger partial charge is 0.0827 e. The summed E-state index contributed by atoms with van der Waals surface area (Å²) >= 11 is 0. The Balaban J connectivity index is 1.45. The Labute approximate surface area is 129 Å². The molecule has 3 rings (SSSR count). The molecule has 0 aromatic heterocycles. The number of nitrogens with zero attached hydrogens (tertiary/aromatic N) is 1. The van der Waals surface area contributed by atoms with Gasteiger partial charge in [0.1, 0.15) is 0 Å². The highest BCUT2D eigenvalue weighted by Gasteiger charge is 2.51. The highest BCUT2D eigenvalue weighted by molar-refractivity contribution is 5.05. The molecule has 0 aromatic rings. The molecular formula is C17H32N2O2. The molecule has 3 aliphatic rings. The van der Waals surface area contributed by atoms with Gasteiger partial charge in [0.05, 0.1) is 18.8 Å². The summed E-state index contributed by atoms with van der Waals surface area (Å²) in [7, 11) is 0. The molecule has 0 aromatic carbocycles. The minimum Gasteiger partial charge on any atom is -0.378 e. The van der Waals surface area contributed by atoms with Gasteiger partial charge in [-0.15, -0.1) is 0 Å². The van der Waals surface area contributed by atoms with Crippen LogP contribution in [-0.4, -0.2) is 62.0 Å². The molecule has 0 bridgehead atoms. The lowest BCUT2D eigenvalue weighted by atomic mass is 9.61. The maximum absolute atomic E-state index is 6.05. The summed E-state index contributed by atoms with van der Waals surface area (Å²) in [6.07, 6.45) is 5.80. The summed E-state index contributed by atoms with van der Waals surface area (Å²) in [6, 6.07) is 1.28. The molecule has 5 atom stereocenters. The summed E-state index contributed by atoms with van der Waals surface area (Å²) in [4.78, 5) is 2.62. The number of hydrogen-bond donors (Lipinski definition) is 1. The SMILES string of the molecule is CCOC1CC(NCC2CN3CCCC3CO2)C1(C)CC. The number of ether oxygens (including phenoxy) is 2. The molecule has 1 N–H and O–H groups in total. The van der Waals surface area contributed by atoms with Gasteiger partial charge >= 0.3 is 0 Å². The molecular weight excluding hydrogens is 264 g/mol. The summed E-state index contributed by atoms with van der Waals surface area (Å²) in [5, 5.41) is 3.77. The van der Waals surface area contributed by atoms with Crippen molar-refractivity contribution < 1.29 is 9.47 Å². The zero-order valence-electron chi connectivity index (χ0n) is 13.9. The van der Waals surface area contributed by atoms with Crippen LogP contribution >= 0.6 is 0 Å². The lowest BCUT2D eigenvalue weighted by molar-refractivity contribution is -0.130. The summed E-state index contributed by atoms with van der Waals surface area (Å²) < 4.78 is 11.9. The van der Waals surface area contributed by atoms with E-state index in [2.05, 4.69) is 31.0 Å². The highest BCUT2D eigenvalue weighted by atomic mass is 16.5. The van der Waals surface area contributed by atoms with Crippen molar-refractivity contribution in [3.63, 3.8) is 0 Å². The average molecular weight is 296 g/mol. The van der Waals surface area contributed by atoms with Crippen LogP contribution in [0.3, 0.4) is 0 Å². The molecule has 5 unspecified atom stereocenters. The molecule has 1 saturated carbocycles. The molecule has 122 valence electrons. The Hall–Kier alpha value is -0.160. The van der Waals surface area contributed by atoms with Crippen molar-refractivity contribution in [3.05, 3.63) is 0 Å². The van der Waals surface area contributed by atoms with E-state index < -0.39 is 0 Å². The molecule has 2 aliphatic heterocycles. The lowest BCUT2D eigenvalue weighted by Crippen LogP contribution is -2.63. The van der Waals surface area contributed by atoms with Crippen molar-refractivity contribution in [3.8, 4) is 0 Å². The molecule has 1 aliphatic carbocycles. The number of nitrogens with one attached hydrogen (secondary N) is 1. The van der Waals surface area contributed by atoms with Crippen LogP contribution in [0, 0.1) is 5.41 Å². The monoisotopic (exact) mass is 296 g/mol. The van der Waals surface area contributed by atoms with E-state index in [0.717, 1.165) is 32.7 Å². The van der Waals surface area contributed by atoms with E-state index in [4.69, 9.17) is 9.47 Å². The number of morpholine rings is 1. The zero-order chi connectivity index (χ0) is 14.9. The predicted molar refractivity (Wildman–Crippen MR) is 84.6 cm³/mol. The molecule has 3 fully saturated rings. The van der Waals surface area contributed by atoms with Crippen LogP contribution in [0.5, 0.6) is 0 Å². The Kier molecular flexibility index (Phi) is 4.89. The molecule has 0 radical (unpaired) electrons. The second-order valence-corrected chi connectivity index (χ2v) is 7.25. The Morgan fingerprint density at radius 2 is 2.24 bits per heavy atom. The molecule has 2 heterocycles. The van der Waals surface area contributed by atoms with E-state index >= 15 is 0 Å². The molecule has 21 heavy (non-hydrogen) atoms. The molecule has 2 saturated heterocycles. The van der Waals surface area contributed by atoms with Crippen molar-refractivity contribution in [2.45, 2.75) is 70.7 Å². The third-order valence-electron chi connectivity index (χ3n) is 6.16. The van der Waals surface area contributed by atoms with Gasteiger partial charge in [-0.25, -0.2) is 0 Å².